The van der Waals surface area contributed by atoms with Crippen LogP contribution < -0.4 is 0 Å². The van der Waals surface area contributed by atoms with Gasteiger partial charge in [-0.05, 0) is 114 Å². The summed E-state index contributed by atoms with van der Waals surface area (Å²) in [6.07, 6.45) is 13.7. The van der Waals surface area contributed by atoms with Crippen LogP contribution in [0.1, 0.15) is 106 Å². The van der Waals surface area contributed by atoms with Crippen LogP contribution in [0.3, 0.4) is 0 Å². The maximum absolute atomic E-state index is 12.9. The molecule has 0 N–H and O–H groups in total. The van der Waals surface area contributed by atoms with Crippen molar-refractivity contribution >= 4 is 5.97 Å². The standard InChI is InChI=1S/C31H50O3/c1-19-24(26(32)33-7)21-17-31(18-34-21)16-15-29(5)20(25(19)31)9-10-23-28(4)13-8-12-27(2,3)22(28)11-14-30(23,29)6/h19-25H,8-18H2,1-7H3/t19-,20-,21-,22+,23-,24+,25+,28-,29-,30+,31+/m1/s1. The van der Waals surface area contributed by atoms with E-state index < -0.39 is 0 Å². The Morgan fingerprint density at radius 3 is 2.38 bits per heavy atom. The largest absolute Gasteiger partial charge is 0.469 e. The monoisotopic (exact) mass is 470 g/mol. The third kappa shape index (κ3) is 2.72. The van der Waals surface area contributed by atoms with Crippen LogP contribution in [0.2, 0.25) is 0 Å². The van der Waals surface area contributed by atoms with E-state index in [1.165, 1.54) is 57.8 Å². The molecule has 0 aromatic carbocycles. The number of carbonyl (C=O) groups excluding carboxylic acids is 1. The molecule has 6 aliphatic rings. The summed E-state index contributed by atoms with van der Waals surface area (Å²) in [5.41, 5.74) is 2.06. The third-order valence-electron chi connectivity index (χ3n) is 14.2. The Bertz CT molecular complexity index is 865. The molecule has 2 bridgehead atoms. The van der Waals surface area contributed by atoms with E-state index in [2.05, 4.69) is 41.5 Å². The van der Waals surface area contributed by atoms with Crippen LogP contribution >= 0.6 is 0 Å². The number of rotatable bonds is 1. The topological polar surface area (TPSA) is 35.5 Å². The van der Waals surface area contributed by atoms with Crippen LogP contribution in [-0.2, 0) is 14.3 Å². The van der Waals surface area contributed by atoms with Gasteiger partial charge in [-0.15, -0.1) is 0 Å². The molecule has 1 spiro atoms. The van der Waals surface area contributed by atoms with Crippen molar-refractivity contribution in [2.24, 2.45) is 62.6 Å². The normalized spacial score (nSPS) is 57.6. The number of ether oxygens (including phenoxy) is 2. The van der Waals surface area contributed by atoms with Gasteiger partial charge in [-0.1, -0.05) is 48.0 Å². The molecule has 3 heteroatoms. The van der Waals surface area contributed by atoms with Crippen LogP contribution in [0.5, 0.6) is 0 Å². The van der Waals surface area contributed by atoms with Gasteiger partial charge in [-0.25, -0.2) is 0 Å². The van der Waals surface area contributed by atoms with Crippen LogP contribution in [0.25, 0.3) is 0 Å². The zero-order valence-corrected chi connectivity index (χ0v) is 23.0. The molecule has 34 heavy (non-hydrogen) atoms. The molecule has 3 nitrogen and oxygen atoms in total. The second-order valence-electron chi connectivity index (χ2n) is 15.4. The quantitative estimate of drug-likeness (QED) is 0.378. The minimum Gasteiger partial charge on any atom is -0.469 e. The van der Waals surface area contributed by atoms with Crippen molar-refractivity contribution in [2.75, 3.05) is 13.7 Å². The fourth-order valence-electron chi connectivity index (χ4n) is 12.6. The molecule has 192 valence electrons. The van der Waals surface area contributed by atoms with E-state index in [4.69, 9.17) is 9.47 Å². The Morgan fingerprint density at radius 1 is 0.882 bits per heavy atom. The molecule has 0 radical (unpaired) electrons. The minimum atomic E-state index is -0.0779. The minimum absolute atomic E-state index is 0.0300. The molecule has 0 unspecified atom stereocenters. The summed E-state index contributed by atoms with van der Waals surface area (Å²) >= 11 is 0. The maximum atomic E-state index is 12.9. The first-order chi connectivity index (χ1) is 15.9. The third-order valence-corrected chi connectivity index (χ3v) is 14.2. The average Bonchev–Trinajstić information content (AvgIpc) is 3.13. The SMILES string of the molecule is COC(=O)[C@H]1[C@@H](C)[C@H]2[C@H]3CC[C@@H]4[C@]5(C)CCCC(C)(C)[C@@H]5CC[C@]4(C)[C@]3(C)CC[C@]23CO[C@@H]1C3. The van der Waals surface area contributed by atoms with Crippen molar-refractivity contribution in [3.63, 3.8) is 0 Å². The molecule has 1 heterocycles. The van der Waals surface area contributed by atoms with Gasteiger partial charge in [0.2, 0.25) is 0 Å². The molecule has 0 aromatic rings. The number of fused-ring (bicyclic) bond motifs is 7. The van der Waals surface area contributed by atoms with E-state index in [9.17, 15) is 4.79 Å². The van der Waals surface area contributed by atoms with Gasteiger partial charge in [0.05, 0.1) is 25.7 Å². The number of hydrogen-bond donors (Lipinski definition) is 0. The first-order valence-electron chi connectivity index (χ1n) is 14.6. The molecule has 1 saturated heterocycles. The summed E-state index contributed by atoms with van der Waals surface area (Å²) in [7, 11) is 1.56. The Hall–Kier alpha value is -0.570. The summed E-state index contributed by atoms with van der Waals surface area (Å²) in [6.45, 7) is 16.5. The van der Waals surface area contributed by atoms with E-state index in [0.29, 0.717) is 44.8 Å². The van der Waals surface area contributed by atoms with Crippen LogP contribution in [0, 0.1) is 62.6 Å². The highest BCUT2D eigenvalue weighted by Crippen LogP contribution is 2.77. The van der Waals surface area contributed by atoms with Gasteiger partial charge < -0.3 is 9.47 Å². The zero-order chi connectivity index (χ0) is 24.3. The smallest absolute Gasteiger partial charge is 0.311 e. The van der Waals surface area contributed by atoms with Gasteiger partial charge >= 0.3 is 5.97 Å². The van der Waals surface area contributed by atoms with Crippen molar-refractivity contribution < 1.29 is 14.3 Å². The lowest BCUT2D eigenvalue weighted by atomic mass is 9.31. The Morgan fingerprint density at radius 2 is 1.65 bits per heavy atom. The lowest BCUT2D eigenvalue weighted by Gasteiger charge is -2.73. The molecule has 6 fully saturated rings. The molecule has 6 rings (SSSR count). The highest BCUT2D eigenvalue weighted by molar-refractivity contribution is 5.73. The van der Waals surface area contributed by atoms with Gasteiger partial charge in [-0.3, -0.25) is 4.79 Å². The molecule has 1 aliphatic heterocycles. The van der Waals surface area contributed by atoms with E-state index in [0.717, 1.165) is 24.9 Å². The fourth-order valence-corrected chi connectivity index (χ4v) is 12.6. The summed E-state index contributed by atoms with van der Waals surface area (Å²) < 4.78 is 11.7. The first-order valence-corrected chi connectivity index (χ1v) is 14.6. The lowest BCUT2D eigenvalue weighted by Crippen LogP contribution is -2.67. The van der Waals surface area contributed by atoms with Gasteiger partial charge in [0.25, 0.3) is 0 Å². The average molecular weight is 471 g/mol. The van der Waals surface area contributed by atoms with E-state index >= 15 is 0 Å². The Balaban J connectivity index is 1.39. The highest BCUT2D eigenvalue weighted by Gasteiger charge is 2.72. The highest BCUT2D eigenvalue weighted by atomic mass is 16.5. The second kappa shape index (κ2) is 7.26. The van der Waals surface area contributed by atoms with E-state index in [-0.39, 0.29) is 18.0 Å². The van der Waals surface area contributed by atoms with Gasteiger partial charge in [0.15, 0.2) is 0 Å². The van der Waals surface area contributed by atoms with Gasteiger partial charge in [0, 0.05) is 0 Å². The molecule has 0 aromatic heterocycles. The van der Waals surface area contributed by atoms with Crippen LogP contribution in [-0.4, -0.2) is 25.8 Å². The number of esters is 1. The van der Waals surface area contributed by atoms with Gasteiger partial charge in [-0.2, -0.15) is 0 Å². The summed E-state index contributed by atoms with van der Waals surface area (Å²) in [6, 6.07) is 0. The number of carbonyl (C=O) groups is 1. The second-order valence-corrected chi connectivity index (χ2v) is 15.4. The summed E-state index contributed by atoms with van der Waals surface area (Å²) in [5, 5.41) is 0. The fraction of sp³-hybridized carbons (Fsp3) is 0.968. The van der Waals surface area contributed by atoms with Crippen molar-refractivity contribution in [2.45, 2.75) is 112 Å². The number of hydrogen-bond acceptors (Lipinski definition) is 3. The predicted octanol–water partition coefficient (Wildman–Crippen LogP) is 7.28. The molecular formula is C31H50O3. The Labute approximate surface area is 208 Å². The molecule has 0 amide bonds. The van der Waals surface area contributed by atoms with Crippen molar-refractivity contribution in [1.29, 1.82) is 0 Å². The lowest BCUT2D eigenvalue weighted by molar-refractivity contribution is -0.245. The number of methoxy groups -OCH3 is 1. The molecule has 11 atom stereocenters. The van der Waals surface area contributed by atoms with E-state index in [1.807, 2.05) is 0 Å². The maximum Gasteiger partial charge on any atom is 0.311 e. The van der Waals surface area contributed by atoms with Crippen LogP contribution in [0.15, 0.2) is 0 Å². The predicted molar refractivity (Wildman–Crippen MR) is 135 cm³/mol. The van der Waals surface area contributed by atoms with Crippen molar-refractivity contribution in [3.05, 3.63) is 0 Å². The van der Waals surface area contributed by atoms with E-state index in [1.54, 1.807) is 7.11 Å². The zero-order valence-electron chi connectivity index (χ0n) is 23.0. The molecule has 5 saturated carbocycles. The van der Waals surface area contributed by atoms with Crippen molar-refractivity contribution in [1.82, 2.24) is 0 Å². The Kier molecular flexibility index (Phi) is 5.08. The van der Waals surface area contributed by atoms with Crippen LogP contribution in [0.4, 0.5) is 0 Å². The molecular weight excluding hydrogens is 420 g/mol. The van der Waals surface area contributed by atoms with Gasteiger partial charge in [0.1, 0.15) is 0 Å². The summed E-state index contributed by atoms with van der Waals surface area (Å²) in [4.78, 5) is 12.9. The summed E-state index contributed by atoms with van der Waals surface area (Å²) in [5.74, 6) is 3.28. The molecule has 5 aliphatic carbocycles. The first kappa shape index (κ1) is 23.8. The van der Waals surface area contributed by atoms with Crippen molar-refractivity contribution in [3.8, 4) is 0 Å².